The van der Waals surface area contributed by atoms with E-state index in [2.05, 4.69) is 37.3 Å². The van der Waals surface area contributed by atoms with E-state index in [1.807, 2.05) is 0 Å². The van der Waals surface area contributed by atoms with E-state index in [4.69, 9.17) is 0 Å². The number of hydrogen-bond donors (Lipinski definition) is 0. The summed E-state index contributed by atoms with van der Waals surface area (Å²) < 4.78 is 12.7. The second-order valence-corrected chi connectivity index (χ2v) is 3.48. The van der Waals surface area contributed by atoms with Gasteiger partial charge >= 0.3 is 0 Å². The standard InChI is InChI=1S/C14H12F/c1-2-11-3-5-12(6-4-11)13-7-9-14(15)10-8-13/h3-9H,2H2,1H3. The van der Waals surface area contributed by atoms with Gasteiger partial charge in [-0.3, -0.25) is 0 Å². The van der Waals surface area contributed by atoms with Crippen molar-refractivity contribution in [1.29, 1.82) is 0 Å². The van der Waals surface area contributed by atoms with E-state index in [-0.39, 0.29) is 5.82 Å². The molecule has 0 fully saturated rings. The fourth-order valence-corrected chi connectivity index (χ4v) is 1.52. The molecule has 0 unspecified atom stereocenters. The summed E-state index contributed by atoms with van der Waals surface area (Å²) in [5, 5.41) is 0. The average Bonchev–Trinajstić information content (AvgIpc) is 2.30. The Morgan fingerprint density at radius 2 is 1.67 bits per heavy atom. The van der Waals surface area contributed by atoms with E-state index < -0.39 is 0 Å². The van der Waals surface area contributed by atoms with Crippen LogP contribution in [-0.4, -0.2) is 0 Å². The Kier molecular flexibility index (Phi) is 2.82. The highest BCUT2D eigenvalue weighted by molar-refractivity contribution is 5.63. The zero-order valence-corrected chi connectivity index (χ0v) is 8.63. The highest BCUT2D eigenvalue weighted by atomic mass is 19.1. The second kappa shape index (κ2) is 4.26. The largest absolute Gasteiger partial charge is 0.206 e. The van der Waals surface area contributed by atoms with E-state index in [0.717, 1.165) is 17.5 Å². The average molecular weight is 199 g/mol. The summed E-state index contributed by atoms with van der Waals surface area (Å²) in [6.07, 6.45) is 1.04. The minimum atomic E-state index is -0.316. The topological polar surface area (TPSA) is 0 Å². The Bertz CT molecular complexity index is 426. The molecular weight excluding hydrogens is 187 g/mol. The van der Waals surface area contributed by atoms with Crippen molar-refractivity contribution in [1.82, 2.24) is 0 Å². The number of aryl methyl sites for hydroxylation is 1. The van der Waals surface area contributed by atoms with Gasteiger partial charge in [-0.2, -0.15) is 0 Å². The molecule has 0 N–H and O–H groups in total. The second-order valence-electron chi connectivity index (χ2n) is 3.48. The third-order valence-electron chi connectivity index (χ3n) is 2.47. The maximum absolute atomic E-state index is 12.7. The van der Waals surface area contributed by atoms with Crippen LogP contribution in [0.3, 0.4) is 0 Å². The number of benzene rings is 2. The molecular formula is C14H12F. The molecule has 0 saturated carbocycles. The molecule has 1 radical (unpaired) electrons. The summed E-state index contributed by atoms with van der Waals surface area (Å²) in [5.41, 5.74) is 3.41. The van der Waals surface area contributed by atoms with Crippen LogP contribution in [0.1, 0.15) is 12.5 Å². The van der Waals surface area contributed by atoms with Gasteiger partial charge in [0.25, 0.3) is 0 Å². The first kappa shape index (κ1) is 9.91. The van der Waals surface area contributed by atoms with Gasteiger partial charge in [-0.25, -0.2) is 4.39 Å². The summed E-state index contributed by atoms with van der Waals surface area (Å²) in [4.78, 5) is 0. The highest BCUT2D eigenvalue weighted by Crippen LogP contribution is 2.19. The van der Waals surface area contributed by atoms with Crippen molar-refractivity contribution in [2.45, 2.75) is 13.3 Å². The molecule has 2 aromatic carbocycles. The van der Waals surface area contributed by atoms with Gasteiger partial charge in [0.2, 0.25) is 0 Å². The molecule has 15 heavy (non-hydrogen) atoms. The lowest BCUT2D eigenvalue weighted by atomic mass is 10.0. The minimum absolute atomic E-state index is 0.316. The van der Waals surface area contributed by atoms with E-state index in [1.165, 1.54) is 11.6 Å². The van der Waals surface area contributed by atoms with Crippen LogP contribution in [0, 0.1) is 11.9 Å². The molecule has 1 heteroatoms. The van der Waals surface area contributed by atoms with Crippen molar-refractivity contribution in [3.8, 4) is 11.1 Å². The van der Waals surface area contributed by atoms with Crippen LogP contribution in [0.2, 0.25) is 0 Å². The van der Waals surface area contributed by atoms with Crippen LogP contribution >= 0.6 is 0 Å². The summed E-state index contributed by atoms with van der Waals surface area (Å²) in [6.45, 7) is 2.13. The quantitative estimate of drug-likeness (QED) is 0.689. The molecule has 2 aromatic rings. The first-order chi connectivity index (χ1) is 7.29. The first-order valence-electron chi connectivity index (χ1n) is 5.06. The molecule has 0 aliphatic rings. The molecule has 0 spiro atoms. The Labute approximate surface area is 89.4 Å². The van der Waals surface area contributed by atoms with E-state index in [0.29, 0.717) is 0 Å². The molecule has 0 aliphatic carbocycles. The van der Waals surface area contributed by atoms with Crippen molar-refractivity contribution in [3.63, 3.8) is 0 Å². The van der Waals surface area contributed by atoms with Crippen LogP contribution in [-0.2, 0) is 6.42 Å². The lowest BCUT2D eigenvalue weighted by Gasteiger charge is -2.02. The number of hydrogen-bond acceptors (Lipinski definition) is 0. The molecule has 0 aromatic heterocycles. The molecule has 0 aliphatic heterocycles. The van der Waals surface area contributed by atoms with Crippen molar-refractivity contribution >= 4 is 0 Å². The summed E-state index contributed by atoms with van der Waals surface area (Å²) in [6, 6.07) is 15.7. The van der Waals surface area contributed by atoms with Crippen LogP contribution in [0.15, 0.2) is 42.5 Å². The van der Waals surface area contributed by atoms with Crippen LogP contribution in [0.5, 0.6) is 0 Å². The van der Waals surface area contributed by atoms with Crippen LogP contribution in [0.25, 0.3) is 11.1 Å². The van der Waals surface area contributed by atoms with E-state index >= 15 is 0 Å². The first-order valence-corrected chi connectivity index (χ1v) is 5.06. The molecule has 0 atom stereocenters. The summed E-state index contributed by atoms with van der Waals surface area (Å²) >= 11 is 0. The molecule has 75 valence electrons. The lowest BCUT2D eigenvalue weighted by Crippen LogP contribution is -1.82. The van der Waals surface area contributed by atoms with Crippen molar-refractivity contribution < 1.29 is 4.39 Å². The van der Waals surface area contributed by atoms with Gasteiger partial charge in [-0.15, -0.1) is 0 Å². The van der Waals surface area contributed by atoms with Crippen LogP contribution in [0.4, 0.5) is 4.39 Å². The smallest absolute Gasteiger partial charge is 0.131 e. The molecule has 0 nitrogen and oxygen atoms in total. The SMILES string of the molecule is CCc1ccc(-c2c[c]c(F)cc2)cc1. The van der Waals surface area contributed by atoms with Crippen molar-refractivity contribution in [3.05, 3.63) is 59.9 Å². The number of rotatable bonds is 2. The number of halogens is 1. The molecule has 0 heterocycles. The van der Waals surface area contributed by atoms with Gasteiger partial charge < -0.3 is 0 Å². The maximum atomic E-state index is 12.7. The molecule has 0 saturated heterocycles. The summed E-state index contributed by atoms with van der Waals surface area (Å²) in [5.74, 6) is -0.316. The summed E-state index contributed by atoms with van der Waals surface area (Å²) in [7, 11) is 0. The Balaban J connectivity index is 2.33. The van der Waals surface area contributed by atoms with Gasteiger partial charge in [0.1, 0.15) is 5.82 Å². The zero-order valence-electron chi connectivity index (χ0n) is 8.63. The van der Waals surface area contributed by atoms with Gasteiger partial charge in [0.05, 0.1) is 0 Å². The lowest BCUT2D eigenvalue weighted by molar-refractivity contribution is 0.626. The predicted octanol–water partition coefficient (Wildman–Crippen LogP) is 3.86. The maximum Gasteiger partial charge on any atom is 0.131 e. The van der Waals surface area contributed by atoms with Gasteiger partial charge in [-0.1, -0.05) is 37.3 Å². The van der Waals surface area contributed by atoms with Gasteiger partial charge in [0, 0.05) is 6.07 Å². The Morgan fingerprint density at radius 3 is 2.20 bits per heavy atom. The molecule has 0 bridgehead atoms. The zero-order chi connectivity index (χ0) is 10.7. The molecule has 2 rings (SSSR count). The normalized spacial score (nSPS) is 10.3. The monoisotopic (exact) mass is 199 g/mol. The van der Waals surface area contributed by atoms with E-state index in [1.54, 1.807) is 12.1 Å². The fourth-order valence-electron chi connectivity index (χ4n) is 1.52. The van der Waals surface area contributed by atoms with E-state index in [9.17, 15) is 4.39 Å². The Hall–Kier alpha value is -1.63. The van der Waals surface area contributed by atoms with Crippen LogP contribution < -0.4 is 0 Å². The Morgan fingerprint density at radius 1 is 1.00 bits per heavy atom. The molecule has 0 amide bonds. The third-order valence-corrected chi connectivity index (χ3v) is 2.47. The van der Waals surface area contributed by atoms with Gasteiger partial charge in [-0.05, 0) is 35.2 Å². The fraction of sp³-hybridized carbons (Fsp3) is 0.143. The third kappa shape index (κ3) is 2.24. The predicted molar refractivity (Wildman–Crippen MR) is 60.1 cm³/mol. The van der Waals surface area contributed by atoms with Gasteiger partial charge in [0.15, 0.2) is 0 Å². The van der Waals surface area contributed by atoms with Crippen molar-refractivity contribution in [2.75, 3.05) is 0 Å². The highest BCUT2D eigenvalue weighted by Gasteiger charge is 1.97. The minimum Gasteiger partial charge on any atom is -0.206 e. The van der Waals surface area contributed by atoms with Crippen molar-refractivity contribution in [2.24, 2.45) is 0 Å².